The quantitative estimate of drug-likeness (QED) is 0.391. The number of hydrogen-bond acceptors (Lipinski definition) is 2. The molecule has 0 radical (unpaired) electrons. The van der Waals surface area contributed by atoms with Gasteiger partial charge in [0, 0.05) is 10.3 Å². The molecule has 0 aliphatic heterocycles. The van der Waals surface area contributed by atoms with Gasteiger partial charge < -0.3 is 0 Å². The lowest BCUT2D eigenvalue weighted by Gasteiger charge is -2.11. The molecule has 1 nitrogen and oxygen atoms in total. The van der Waals surface area contributed by atoms with E-state index in [1.807, 2.05) is 12.1 Å². The van der Waals surface area contributed by atoms with Crippen LogP contribution in [0.4, 0.5) is 13.2 Å². The molecule has 1 aromatic heterocycles. The molecule has 1 heterocycles. The molecule has 2 rings (SSSR count). The van der Waals surface area contributed by atoms with Gasteiger partial charge in [0.1, 0.15) is 5.69 Å². The molecule has 23 heavy (non-hydrogen) atoms. The van der Waals surface area contributed by atoms with Crippen LogP contribution >= 0.6 is 11.8 Å². The van der Waals surface area contributed by atoms with Gasteiger partial charge in [-0.25, -0.2) is 4.98 Å². The van der Waals surface area contributed by atoms with Crippen molar-refractivity contribution in [2.75, 3.05) is 5.75 Å². The summed E-state index contributed by atoms with van der Waals surface area (Å²) in [6.07, 6.45) is 2.71. The van der Waals surface area contributed by atoms with E-state index in [4.69, 9.17) is 0 Å². The van der Waals surface area contributed by atoms with E-state index < -0.39 is 11.9 Å². The highest BCUT2D eigenvalue weighted by Gasteiger charge is 2.33. The Morgan fingerprint density at radius 1 is 1.00 bits per heavy atom. The van der Waals surface area contributed by atoms with Gasteiger partial charge in [-0.1, -0.05) is 57.2 Å². The predicted octanol–water partition coefficient (Wildman–Crippen LogP) is 6.71. The number of aromatic nitrogens is 1. The van der Waals surface area contributed by atoms with Crippen LogP contribution in [0.2, 0.25) is 0 Å². The van der Waals surface area contributed by atoms with Crippen molar-refractivity contribution in [3.8, 4) is 0 Å². The fraction of sp³-hybridized carbons (Fsp3) is 0.500. The van der Waals surface area contributed by atoms with Gasteiger partial charge in [-0.3, -0.25) is 0 Å². The lowest BCUT2D eigenvalue weighted by Crippen LogP contribution is -2.08. The molecule has 0 N–H and O–H groups in total. The highest BCUT2D eigenvalue weighted by molar-refractivity contribution is 7.99. The van der Waals surface area contributed by atoms with E-state index in [9.17, 15) is 13.2 Å². The summed E-state index contributed by atoms with van der Waals surface area (Å²) in [5.41, 5.74) is -0.394. The Balaban J connectivity index is 2.04. The number of thioether (sulfide) groups is 1. The zero-order chi connectivity index (χ0) is 16.7. The zero-order valence-corrected chi connectivity index (χ0v) is 14.1. The fourth-order valence-corrected chi connectivity index (χ4v) is 3.56. The summed E-state index contributed by atoms with van der Waals surface area (Å²) in [6, 6.07) is 8.22. The molecule has 2 aromatic rings. The lowest BCUT2D eigenvalue weighted by atomic mass is 10.1. The van der Waals surface area contributed by atoms with Gasteiger partial charge in [0.2, 0.25) is 0 Å². The van der Waals surface area contributed by atoms with E-state index in [1.165, 1.54) is 43.5 Å². The SMILES string of the molecule is CCCCCCCCSc1cc(C(F)(F)F)nc2ccccc12. The zero-order valence-electron chi connectivity index (χ0n) is 13.3. The van der Waals surface area contributed by atoms with Crippen molar-refractivity contribution in [2.24, 2.45) is 0 Å². The Morgan fingerprint density at radius 3 is 2.43 bits per heavy atom. The summed E-state index contributed by atoms with van der Waals surface area (Å²) in [5.74, 6) is 0.845. The van der Waals surface area contributed by atoms with Crippen LogP contribution in [0.5, 0.6) is 0 Å². The Morgan fingerprint density at radius 2 is 1.70 bits per heavy atom. The van der Waals surface area contributed by atoms with Crippen molar-refractivity contribution >= 4 is 22.7 Å². The molecule has 1 aromatic carbocycles. The van der Waals surface area contributed by atoms with E-state index in [1.54, 1.807) is 12.1 Å². The van der Waals surface area contributed by atoms with E-state index in [2.05, 4.69) is 11.9 Å². The minimum atomic E-state index is -4.40. The molecule has 0 aliphatic carbocycles. The predicted molar refractivity (Wildman–Crippen MR) is 90.8 cm³/mol. The summed E-state index contributed by atoms with van der Waals surface area (Å²) in [4.78, 5) is 4.42. The van der Waals surface area contributed by atoms with E-state index >= 15 is 0 Å². The third kappa shape index (κ3) is 5.41. The first kappa shape index (κ1) is 18.1. The van der Waals surface area contributed by atoms with Crippen molar-refractivity contribution in [2.45, 2.75) is 56.5 Å². The second kappa shape index (κ2) is 8.57. The monoisotopic (exact) mass is 341 g/mol. The molecule has 0 bridgehead atoms. The van der Waals surface area contributed by atoms with Crippen LogP contribution in [-0.2, 0) is 6.18 Å². The number of fused-ring (bicyclic) bond motifs is 1. The number of para-hydroxylation sites is 1. The van der Waals surface area contributed by atoms with E-state index in [0.29, 0.717) is 10.4 Å². The van der Waals surface area contributed by atoms with Gasteiger partial charge in [0.05, 0.1) is 5.52 Å². The van der Waals surface area contributed by atoms with Crippen LogP contribution in [-0.4, -0.2) is 10.7 Å². The number of benzene rings is 1. The Hall–Kier alpha value is -1.23. The third-order valence-electron chi connectivity index (χ3n) is 3.72. The minimum absolute atomic E-state index is 0.410. The summed E-state index contributed by atoms with van der Waals surface area (Å²) >= 11 is 1.50. The van der Waals surface area contributed by atoms with Crippen LogP contribution in [0.3, 0.4) is 0 Å². The molecular formula is C18H22F3NS. The molecule has 0 amide bonds. The van der Waals surface area contributed by atoms with Crippen LogP contribution in [0.1, 0.15) is 51.1 Å². The summed E-state index contributed by atoms with van der Waals surface area (Å²) in [6.45, 7) is 2.18. The average molecular weight is 341 g/mol. The van der Waals surface area contributed by atoms with Gasteiger partial charge in [-0.05, 0) is 24.3 Å². The second-order valence-electron chi connectivity index (χ2n) is 5.64. The molecular weight excluding hydrogens is 319 g/mol. The number of pyridine rings is 1. The molecule has 5 heteroatoms. The smallest absolute Gasteiger partial charge is 0.243 e. The normalized spacial score (nSPS) is 12.0. The third-order valence-corrected chi connectivity index (χ3v) is 4.87. The maximum Gasteiger partial charge on any atom is 0.433 e. The lowest BCUT2D eigenvalue weighted by molar-refractivity contribution is -0.141. The van der Waals surface area contributed by atoms with Gasteiger partial charge >= 0.3 is 6.18 Å². The van der Waals surface area contributed by atoms with Gasteiger partial charge in [-0.15, -0.1) is 11.8 Å². The molecule has 126 valence electrons. The van der Waals surface area contributed by atoms with Crippen molar-refractivity contribution in [1.29, 1.82) is 0 Å². The molecule has 0 atom stereocenters. The van der Waals surface area contributed by atoms with Crippen molar-refractivity contribution in [1.82, 2.24) is 4.98 Å². The standard InChI is InChI=1S/C18H22F3NS/c1-2-3-4-5-6-9-12-23-16-13-17(18(19,20)21)22-15-11-8-7-10-14(15)16/h7-8,10-11,13H,2-6,9,12H2,1H3. The van der Waals surface area contributed by atoms with Crippen molar-refractivity contribution in [3.05, 3.63) is 36.0 Å². The number of hydrogen-bond donors (Lipinski definition) is 0. The Kier molecular flexibility index (Phi) is 6.75. The number of halogens is 3. The first-order valence-corrected chi connectivity index (χ1v) is 9.10. The second-order valence-corrected chi connectivity index (χ2v) is 6.77. The highest BCUT2D eigenvalue weighted by atomic mass is 32.2. The molecule has 0 fully saturated rings. The molecule has 0 saturated heterocycles. The van der Waals surface area contributed by atoms with Gasteiger partial charge in [-0.2, -0.15) is 13.2 Å². The first-order valence-electron chi connectivity index (χ1n) is 8.12. The largest absolute Gasteiger partial charge is 0.433 e. The van der Waals surface area contributed by atoms with Gasteiger partial charge in [0.15, 0.2) is 0 Å². The topological polar surface area (TPSA) is 12.9 Å². The molecule has 0 unspecified atom stereocenters. The van der Waals surface area contributed by atoms with Crippen LogP contribution in [0, 0.1) is 0 Å². The maximum absolute atomic E-state index is 13.0. The summed E-state index contributed by atoms with van der Waals surface area (Å²) < 4.78 is 39.0. The minimum Gasteiger partial charge on any atom is -0.243 e. The number of nitrogens with zero attached hydrogens (tertiary/aromatic N) is 1. The molecule has 0 spiro atoms. The van der Waals surface area contributed by atoms with Crippen LogP contribution in [0.25, 0.3) is 10.9 Å². The van der Waals surface area contributed by atoms with Crippen molar-refractivity contribution in [3.63, 3.8) is 0 Å². The van der Waals surface area contributed by atoms with E-state index in [0.717, 1.165) is 24.0 Å². The number of rotatable bonds is 8. The van der Waals surface area contributed by atoms with E-state index in [-0.39, 0.29) is 0 Å². The maximum atomic E-state index is 13.0. The fourth-order valence-electron chi connectivity index (χ4n) is 2.47. The van der Waals surface area contributed by atoms with Crippen LogP contribution in [0.15, 0.2) is 35.2 Å². The average Bonchev–Trinajstić information content (AvgIpc) is 2.53. The number of unbranched alkanes of at least 4 members (excludes halogenated alkanes) is 5. The molecule has 0 aliphatic rings. The summed E-state index contributed by atoms with van der Waals surface area (Å²) in [7, 11) is 0. The van der Waals surface area contributed by atoms with Crippen LogP contribution < -0.4 is 0 Å². The first-order chi connectivity index (χ1) is 11.0. The Labute approximate surface area is 139 Å². The van der Waals surface area contributed by atoms with Crippen molar-refractivity contribution < 1.29 is 13.2 Å². The molecule has 0 saturated carbocycles. The highest BCUT2D eigenvalue weighted by Crippen LogP contribution is 2.35. The van der Waals surface area contributed by atoms with Gasteiger partial charge in [0.25, 0.3) is 0 Å². The number of alkyl halides is 3. The Bertz CT molecular complexity index is 625. The summed E-state index contributed by atoms with van der Waals surface area (Å²) in [5, 5.41) is 0.802.